The molecular weight excluding hydrogens is 362 g/mol. The zero-order valence-corrected chi connectivity index (χ0v) is 16.8. The molecule has 0 saturated heterocycles. The lowest BCUT2D eigenvalue weighted by molar-refractivity contribution is 0.234. The highest BCUT2D eigenvalue weighted by molar-refractivity contribution is 7.25. The van der Waals surface area contributed by atoms with E-state index in [1.807, 2.05) is 37.1 Å². The monoisotopic (exact) mass is 385 g/mol. The maximum Gasteiger partial charge on any atom is 0.275 e. The summed E-state index contributed by atoms with van der Waals surface area (Å²) in [6.07, 6.45) is 9.67. The van der Waals surface area contributed by atoms with Crippen molar-refractivity contribution in [3.63, 3.8) is 0 Å². The van der Waals surface area contributed by atoms with Gasteiger partial charge in [-0.05, 0) is 19.4 Å². The van der Waals surface area contributed by atoms with Crippen molar-refractivity contribution < 1.29 is 4.74 Å². The number of rotatable bonds is 7. The molecule has 0 unspecified atom stereocenters. The summed E-state index contributed by atoms with van der Waals surface area (Å²) in [5, 5.41) is 0.835. The Labute approximate surface area is 161 Å². The predicted octanol–water partition coefficient (Wildman–Crippen LogP) is 3.31. The van der Waals surface area contributed by atoms with Crippen molar-refractivity contribution in [3.8, 4) is 0 Å². The van der Waals surface area contributed by atoms with E-state index in [2.05, 4.69) is 21.9 Å². The largest absolute Gasteiger partial charge is 0.381 e. The summed E-state index contributed by atoms with van der Waals surface area (Å²) in [7, 11) is 3.60. The van der Waals surface area contributed by atoms with Crippen molar-refractivity contribution >= 4 is 43.3 Å². The summed E-state index contributed by atoms with van der Waals surface area (Å²) in [5.74, 6) is 0.794. The van der Waals surface area contributed by atoms with E-state index in [1.165, 1.54) is 17.7 Å². The van der Waals surface area contributed by atoms with Crippen molar-refractivity contribution in [2.45, 2.75) is 20.3 Å². The average molecular weight is 385 g/mol. The molecule has 0 spiro atoms. The third-order valence-electron chi connectivity index (χ3n) is 4.24. The third kappa shape index (κ3) is 3.63. The molecule has 0 aliphatic heterocycles. The van der Waals surface area contributed by atoms with E-state index >= 15 is 0 Å². The van der Waals surface area contributed by atoms with E-state index in [4.69, 9.17) is 4.74 Å². The van der Waals surface area contributed by atoms with Gasteiger partial charge < -0.3 is 9.64 Å². The molecule has 0 N–H and O–H groups in total. The maximum atomic E-state index is 13.2. The van der Waals surface area contributed by atoms with Crippen molar-refractivity contribution in [2.24, 2.45) is 0 Å². The quantitative estimate of drug-likeness (QED) is 0.581. The highest BCUT2D eigenvalue weighted by Gasteiger charge is 2.18. The van der Waals surface area contributed by atoms with Crippen LogP contribution in [0.5, 0.6) is 0 Å². The second-order valence-corrected chi connectivity index (χ2v) is 6.99. The summed E-state index contributed by atoms with van der Waals surface area (Å²) >= 11 is 1.36. The zero-order valence-electron chi connectivity index (χ0n) is 16.0. The standard InChI is InChI=1S/C19H23N5O2S/c1-5-8-13(9-7-10-26-4)24-12-22-15-14-17(23(3)6-2)20-11-21-18(14)27-16(15)19(24)25/h7-9,11-12H,5-6,10H2,1-4H3/b9-7-,13-8+. The second-order valence-electron chi connectivity index (χ2n) is 5.99. The number of methoxy groups -OCH3 is 1. The van der Waals surface area contributed by atoms with Crippen LogP contribution in [0.4, 0.5) is 5.82 Å². The minimum Gasteiger partial charge on any atom is -0.381 e. The molecule has 0 fully saturated rings. The molecule has 0 saturated carbocycles. The minimum atomic E-state index is -0.102. The van der Waals surface area contributed by atoms with Gasteiger partial charge in [0.25, 0.3) is 5.56 Å². The molecule has 0 amide bonds. The molecule has 0 radical (unpaired) electrons. The van der Waals surface area contributed by atoms with Gasteiger partial charge in [-0.2, -0.15) is 0 Å². The molecule has 8 heteroatoms. The summed E-state index contributed by atoms with van der Waals surface area (Å²) in [6.45, 7) is 5.37. The van der Waals surface area contributed by atoms with Crippen LogP contribution in [0.1, 0.15) is 20.3 Å². The Morgan fingerprint density at radius 1 is 1.33 bits per heavy atom. The molecular formula is C19H23N5O2S. The predicted molar refractivity (Wildman–Crippen MR) is 112 cm³/mol. The number of anilines is 1. The number of hydrogen-bond donors (Lipinski definition) is 0. The summed E-state index contributed by atoms with van der Waals surface area (Å²) < 4.78 is 7.22. The lowest BCUT2D eigenvalue weighted by Crippen LogP contribution is -2.19. The van der Waals surface area contributed by atoms with Gasteiger partial charge in [-0.1, -0.05) is 19.1 Å². The zero-order chi connectivity index (χ0) is 19.4. The molecule has 3 rings (SSSR count). The van der Waals surface area contributed by atoms with E-state index in [9.17, 15) is 4.79 Å². The van der Waals surface area contributed by atoms with Crippen LogP contribution in [-0.4, -0.2) is 46.8 Å². The summed E-state index contributed by atoms with van der Waals surface area (Å²) in [5.41, 5.74) is 1.34. The van der Waals surface area contributed by atoms with Crippen molar-refractivity contribution in [2.75, 3.05) is 32.2 Å². The van der Waals surface area contributed by atoms with Gasteiger partial charge in [-0.25, -0.2) is 15.0 Å². The van der Waals surface area contributed by atoms with Crippen LogP contribution in [0.15, 0.2) is 35.7 Å². The van der Waals surface area contributed by atoms with Gasteiger partial charge in [0.05, 0.1) is 12.0 Å². The number of nitrogens with zero attached hydrogens (tertiary/aromatic N) is 5. The van der Waals surface area contributed by atoms with Crippen LogP contribution in [0.3, 0.4) is 0 Å². The smallest absolute Gasteiger partial charge is 0.275 e. The number of allylic oxidation sites excluding steroid dienone is 3. The normalized spacial score (nSPS) is 12.5. The highest BCUT2D eigenvalue weighted by atomic mass is 32.1. The maximum absolute atomic E-state index is 13.2. The number of ether oxygens (including phenoxy) is 1. The van der Waals surface area contributed by atoms with Crippen LogP contribution in [0.2, 0.25) is 0 Å². The van der Waals surface area contributed by atoms with Crippen molar-refractivity contribution in [1.82, 2.24) is 19.5 Å². The van der Waals surface area contributed by atoms with Crippen LogP contribution in [0.25, 0.3) is 26.1 Å². The van der Waals surface area contributed by atoms with Gasteiger partial charge in [-0.15, -0.1) is 11.3 Å². The molecule has 7 nitrogen and oxygen atoms in total. The van der Waals surface area contributed by atoms with E-state index < -0.39 is 0 Å². The Kier molecular flexibility index (Phi) is 5.98. The fraction of sp³-hybridized carbons (Fsp3) is 0.368. The van der Waals surface area contributed by atoms with Crippen LogP contribution in [-0.2, 0) is 4.74 Å². The average Bonchev–Trinajstić information content (AvgIpc) is 3.07. The SMILES string of the molecule is CC/C=C(\C=C/COC)n1cnc2c(sc3ncnc(N(C)CC)c32)c1=O. The molecule has 0 bridgehead atoms. The first-order chi connectivity index (χ1) is 13.1. The molecule has 3 heterocycles. The molecule has 3 aromatic heterocycles. The van der Waals surface area contributed by atoms with Crippen LogP contribution >= 0.6 is 11.3 Å². The third-order valence-corrected chi connectivity index (χ3v) is 5.31. The number of thiophene rings is 1. The second kappa shape index (κ2) is 8.41. The molecule has 0 aliphatic carbocycles. The molecule has 0 aliphatic rings. The van der Waals surface area contributed by atoms with E-state index in [0.29, 0.717) is 16.8 Å². The number of aromatic nitrogens is 4. The van der Waals surface area contributed by atoms with Gasteiger partial charge in [0, 0.05) is 26.4 Å². The van der Waals surface area contributed by atoms with Crippen molar-refractivity contribution in [3.05, 3.63) is 41.2 Å². The van der Waals surface area contributed by atoms with Gasteiger partial charge in [-0.3, -0.25) is 9.36 Å². The van der Waals surface area contributed by atoms with E-state index in [0.717, 1.165) is 34.7 Å². The van der Waals surface area contributed by atoms with Crippen molar-refractivity contribution in [1.29, 1.82) is 0 Å². The highest BCUT2D eigenvalue weighted by Crippen LogP contribution is 2.34. The lowest BCUT2D eigenvalue weighted by Gasteiger charge is -2.15. The first kappa shape index (κ1) is 19.2. The Morgan fingerprint density at radius 3 is 2.85 bits per heavy atom. The molecule has 3 aromatic rings. The minimum absolute atomic E-state index is 0.102. The van der Waals surface area contributed by atoms with E-state index in [1.54, 1.807) is 18.0 Å². The molecule has 27 heavy (non-hydrogen) atoms. The van der Waals surface area contributed by atoms with Gasteiger partial charge in [0.15, 0.2) is 0 Å². The Bertz CT molecular complexity index is 1070. The van der Waals surface area contributed by atoms with Crippen LogP contribution in [0, 0.1) is 0 Å². The summed E-state index contributed by atoms with van der Waals surface area (Å²) in [4.78, 5) is 29.3. The van der Waals surface area contributed by atoms with Gasteiger partial charge >= 0.3 is 0 Å². The summed E-state index contributed by atoms with van der Waals surface area (Å²) in [6, 6.07) is 0. The van der Waals surface area contributed by atoms with E-state index in [-0.39, 0.29) is 5.56 Å². The first-order valence-electron chi connectivity index (χ1n) is 8.84. The first-order valence-corrected chi connectivity index (χ1v) is 9.66. The lowest BCUT2D eigenvalue weighted by atomic mass is 10.3. The Balaban J connectivity index is 2.22. The number of fused-ring (bicyclic) bond motifs is 3. The number of hydrogen-bond acceptors (Lipinski definition) is 7. The molecule has 0 atom stereocenters. The topological polar surface area (TPSA) is 73.1 Å². The van der Waals surface area contributed by atoms with Crippen LogP contribution < -0.4 is 10.5 Å². The molecule has 142 valence electrons. The Hall–Kier alpha value is -2.58. The van der Waals surface area contributed by atoms with Gasteiger partial charge in [0.2, 0.25) is 0 Å². The fourth-order valence-electron chi connectivity index (χ4n) is 2.79. The Morgan fingerprint density at radius 2 is 2.15 bits per heavy atom. The van der Waals surface area contributed by atoms with Gasteiger partial charge in [0.1, 0.15) is 33.5 Å². The molecule has 0 aromatic carbocycles. The fourth-order valence-corrected chi connectivity index (χ4v) is 3.81.